The standard InChI is InChI=1S/C15H12N4O4/c20-18(21)14-9-3-1-6-12(14)7-5-11-16-17-13-8-2-4-10-15(13)19(22)23/h1-11,17H. The molecule has 0 saturated heterocycles. The average Bonchev–Trinajstić information content (AvgIpc) is 2.55. The molecule has 2 aromatic carbocycles. The van der Waals surface area contributed by atoms with Crippen LogP contribution >= 0.6 is 0 Å². The number of nitro groups is 2. The van der Waals surface area contributed by atoms with Crippen molar-refractivity contribution in [1.82, 2.24) is 0 Å². The van der Waals surface area contributed by atoms with Crippen molar-refractivity contribution < 1.29 is 9.85 Å². The molecule has 0 aromatic heterocycles. The molecule has 0 aliphatic rings. The van der Waals surface area contributed by atoms with Gasteiger partial charge in [-0.1, -0.05) is 24.3 Å². The van der Waals surface area contributed by atoms with E-state index in [4.69, 9.17) is 0 Å². The van der Waals surface area contributed by atoms with Crippen molar-refractivity contribution in [2.75, 3.05) is 5.43 Å². The maximum absolute atomic E-state index is 10.9. The second-order valence-corrected chi connectivity index (χ2v) is 4.34. The summed E-state index contributed by atoms with van der Waals surface area (Å²) in [5.41, 5.74) is 3.16. The molecule has 0 unspecified atom stereocenters. The topological polar surface area (TPSA) is 111 Å². The molecule has 0 radical (unpaired) electrons. The number of hydrazone groups is 1. The Bertz CT molecular complexity index is 787. The van der Waals surface area contributed by atoms with Crippen LogP contribution in [0.4, 0.5) is 17.1 Å². The van der Waals surface area contributed by atoms with Gasteiger partial charge in [0.25, 0.3) is 11.4 Å². The van der Waals surface area contributed by atoms with Crippen molar-refractivity contribution >= 4 is 29.4 Å². The maximum atomic E-state index is 10.9. The fraction of sp³-hybridized carbons (Fsp3) is 0. The molecule has 0 spiro atoms. The van der Waals surface area contributed by atoms with E-state index < -0.39 is 9.85 Å². The maximum Gasteiger partial charge on any atom is 0.294 e. The molecule has 0 saturated carbocycles. The quantitative estimate of drug-likeness (QED) is 0.497. The molecule has 0 amide bonds. The molecule has 0 aliphatic heterocycles. The highest BCUT2D eigenvalue weighted by molar-refractivity contribution is 5.80. The summed E-state index contributed by atoms with van der Waals surface area (Å²) in [5.74, 6) is 0. The van der Waals surface area contributed by atoms with Crippen LogP contribution in [0.25, 0.3) is 6.08 Å². The first-order valence-electron chi connectivity index (χ1n) is 6.52. The number of nitrogens with zero attached hydrogens (tertiary/aromatic N) is 3. The van der Waals surface area contributed by atoms with E-state index >= 15 is 0 Å². The van der Waals surface area contributed by atoms with E-state index in [1.54, 1.807) is 30.3 Å². The van der Waals surface area contributed by atoms with Gasteiger partial charge in [0.1, 0.15) is 5.69 Å². The van der Waals surface area contributed by atoms with Gasteiger partial charge in [-0.25, -0.2) is 0 Å². The third kappa shape index (κ3) is 4.21. The second-order valence-electron chi connectivity index (χ2n) is 4.34. The largest absolute Gasteiger partial charge is 0.294 e. The van der Waals surface area contributed by atoms with Crippen LogP contribution in [-0.4, -0.2) is 16.1 Å². The van der Waals surface area contributed by atoms with Crippen LogP contribution in [0.15, 0.2) is 59.7 Å². The first-order chi connectivity index (χ1) is 11.1. The van der Waals surface area contributed by atoms with Crippen molar-refractivity contribution in [3.05, 3.63) is 80.4 Å². The molecule has 23 heavy (non-hydrogen) atoms. The fourth-order valence-corrected chi connectivity index (χ4v) is 1.82. The Hall–Kier alpha value is -3.55. The molecule has 8 nitrogen and oxygen atoms in total. The van der Waals surface area contributed by atoms with E-state index in [9.17, 15) is 20.2 Å². The molecule has 1 N–H and O–H groups in total. The summed E-state index contributed by atoms with van der Waals surface area (Å²) in [6.07, 6.45) is 4.39. The lowest BCUT2D eigenvalue weighted by Gasteiger charge is -2.00. The Kier molecular flexibility index (Phi) is 5.13. The predicted octanol–water partition coefficient (Wildman–Crippen LogP) is 3.61. The van der Waals surface area contributed by atoms with E-state index in [1.165, 1.54) is 36.6 Å². The summed E-state index contributed by atoms with van der Waals surface area (Å²) in [7, 11) is 0. The number of hydrogen-bond acceptors (Lipinski definition) is 6. The monoisotopic (exact) mass is 312 g/mol. The summed E-state index contributed by atoms with van der Waals surface area (Å²) in [4.78, 5) is 20.7. The number of anilines is 1. The Morgan fingerprint density at radius 2 is 1.52 bits per heavy atom. The first-order valence-corrected chi connectivity index (χ1v) is 6.52. The molecule has 2 rings (SSSR count). The molecule has 0 heterocycles. The lowest BCUT2D eigenvalue weighted by molar-refractivity contribution is -0.385. The summed E-state index contributed by atoms with van der Waals surface area (Å²) in [6, 6.07) is 12.4. The second kappa shape index (κ2) is 7.46. The molecule has 0 aliphatic carbocycles. The molecular formula is C15H12N4O4. The van der Waals surface area contributed by atoms with E-state index in [1.807, 2.05) is 0 Å². The normalized spacial score (nSPS) is 11.0. The minimum Gasteiger partial charge on any atom is -0.272 e. The van der Waals surface area contributed by atoms with Crippen LogP contribution < -0.4 is 5.43 Å². The van der Waals surface area contributed by atoms with Gasteiger partial charge in [0, 0.05) is 18.3 Å². The summed E-state index contributed by atoms with van der Waals surface area (Å²) < 4.78 is 0. The molecular weight excluding hydrogens is 300 g/mol. The molecule has 116 valence electrons. The van der Waals surface area contributed by atoms with Gasteiger partial charge >= 0.3 is 0 Å². The molecule has 0 atom stereocenters. The van der Waals surface area contributed by atoms with Crippen molar-refractivity contribution in [2.24, 2.45) is 5.10 Å². The Labute approximate surface area is 131 Å². The molecule has 8 heteroatoms. The minimum absolute atomic E-state index is 0.0104. The van der Waals surface area contributed by atoms with Gasteiger partial charge in [0.15, 0.2) is 0 Å². The zero-order chi connectivity index (χ0) is 16.7. The van der Waals surface area contributed by atoms with Gasteiger partial charge in [-0.15, -0.1) is 0 Å². The van der Waals surface area contributed by atoms with E-state index in [0.29, 0.717) is 5.56 Å². The number of para-hydroxylation sites is 3. The van der Waals surface area contributed by atoms with Gasteiger partial charge in [0.2, 0.25) is 0 Å². The van der Waals surface area contributed by atoms with E-state index in [2.05, 4.69) is 10.5 Å². The number of benzene rings is 2. The average molecular weight is 312 g/mol. The number of nitro benzene ring substituents is 2. The van der Waals surface area contributed by atoms with Crippen LogP contribution in [0, 0.1) is 20.2 Å². The Morgan fingerprint density at radius 3 is 2.22 bits per heavy atom. The van der Waals surface area contributed by atoms with Crippen LogP contribution in [0.1, 0.15) is 5.56 Å². The van der Waals surface area contributed by atoms with E-state index in [-0.39, 0.29) is 17.1 Å². The predicted molar refractivity (Wildman–Crippen MR) is 87.3 cm³/mol. The van der Waals surface area contributed by atoms with Crippen LogP contribution in [-0.2, 0) is 0 Å². The number of nitrogens with one attached hydrogen (secondary N) is 1. The summed E-state index contributed by atoms with van der Waals surface area (Å²) in [6.45, 7) is 0. The molecule has 0 fully saturated rings. The summed E-state index contributed by atoms with van der Waals surface area (Å²) >= 11 is 0. The van der Waals surface area contributed by atoms with Gasteiger partial charge in [-0.2, -0.15) is 5.10 Å². The fourth-order valence-electron chi connectivity index (χ4n) is 1.82. The van der Waals surface area contributed by atoms with Gasteiger partial charge in [0.05, 0.1) is 15.4 Å². The van der Waals surface area contributed by atoms with Crippen LogP contribution in [0.2, 0.25) is 0 Å². The number of hydrogen-bond donors (Lipinski definition) is 1. The zero-order valence-electron chi connectivity index (χ0n) is 11.8. The van der Waals surface area contributed by atoms with Crippen molar-refractivity contribution in [3.8, 4) is 0 Å². The van der Waals surface area contributed by atoms with Crippen molar-refractivity contribution in [1.29, 1.82) is 0 Å². The highest BCUT2D eigenvalue weighted by Gasteiger charge is 2.11. The van der Waals surface area contributed by atoms with Crippen LogP contribution in [0.3, 0.4) is 0 Å². The number of allylic oxidation sites excluding steroid dienone is 1. The lowest BCUT2D eigenvalue weighted by Crippen LogP contribution is -1.95. The lowest BCUT2D eigenvalue weighted by atomic mass is 10.2. The highest BCUT2D eigenvalue weighted by Crippen LogP contribution is 2.23. The zero-order valence-corrected chi connectivity index (χ0v) is 11.8. The smallest absolute Gasteiger partial charge is 0.272 e. The Balaban J connectivity index is 2.06. The third-order valence-corrected chi connectivity index (χ3v) is 2.86. The van der Waals surface area contributed by atoms with Crippen LogP contribution in [0.5, 0.6) is 0 Å². The Morgan fingerprint density at radius 1 is 0.913 bits per heavy atom. The van der Waals surface area contributed by atoms with Crippen molar-refractivity contribution in [2.45, 2.75) is 0 Å². The summed E-state index contributed by atoms with van der Waals surface area (Å²) in [5, 5.41) is 25.5. The third-order valence-electron chi connectivity index (χ3n) is 2.86. The highest BCUT2D eigenvalue weighted by atomic mass is 16.6. The van der Waals surface area contributed by atoms with Gasteiger partial charge < -0.3 is 0 Å². The first kappa shape index (κ1) is 15.8. The molecule has 2 aromatic rings. The van der Waals surface area contributed by atoms with Gasteiger partial charge in [-0.05, 0) is 24.3 Å². The SMILES string of the molecule is O=[N+]([O-])c1ccccc1C=CC=NNc1ccccc1[N+](=O)[O-]. The molecule has 0 bridgehead atoms. The number of rotatable bonds is 6. The minimum atomic E-state index is -0.513. The van der Waals surface area contributed by atoms with Gasteiger partial charge in [-0.3, -0.25) is 25.7 Å². The van der Waals surface area contributed by atoms with Crippen molar-refractivity contribution in [3.63, 3.8) is 0 Å². The van der Waals surface area contributed by atoms with E-state index in [0.717, 1.165) is 0 Å².